The average Bonchev–Trinajstić information content (AvgIpc) is 2.73. The molecule has 1 fully saturated rings. The van der Waals surface area contributed by atoms with Gasteiger partial charge in [-0.2, -0.15) is 5.26 Å². The summed E-state index contributed by atoms with van der Waals surface area (Å²) >= 11 is 3.49. The second kappa shape index (κ2) is 8.28. The molecule has 20 heavy (non-hydrogen) atoms. The average molecular weight is 336 g/mol. The van der Waals surface area contributed by atoms with Crippen molar-refractivity contribution in [3.63, 3.8) is 0 Å². The molecule has 1 aromatic rings. The van der Waals surface area contributed by atoms with Gasteiger partial charge in [-0.1, -0.05) is 25.7 Å². The molecular weight excluding hydrogens is 314 g/mol. The van der Waals surface area contributed by atoms with Gasteiger partial charge in [0.1, 0.15) is 0 Å². The summed E-state index contributed by atoms with van der Waals surface area (Å²) < 4.78 is 0.950. The number of hydrogen-bond acceptors (Lipinski definition) is 3. The van der Waals surface area contributed by atoms with Crippen molar-refractivity contribution >= 4 is 21.6 Å². The molecule has 1 aliphatic rings. The first-order valence-corrected chi connectivity index (χ1v) is 8.26. The van der Waals surface area contributed by atoms with Crippen LogP contribution in [0.15, 0.2) is 22.7 Å². The molecule has 108 valence electrons. The van der Waals surface area contributed by atoms with E-state index in [1.54, 1.807) is 0 Å². The number of rotatable bonds is 5. The van der Waals surface area contributed by atoms with E-state index in [1.807, 2.05) is 18.2 Å². The molecule has 0 unspecified atom stereocenters. The zero-order valence-electron chi connectivity index (χ0n) is 11.8. The predicted molar refractivity (Wildman–Crippen MR) is 86.8 cm³/mol. The van der Waals surface area contributed by atoms with Crippen molar-refractivity contribution in [2.75, 3.05) is 18.4 Å². The molecule has 1 aliphatic carbocycles. The molecule has 2 rings (SSSR count). The first kappa shape index (κ1) is 15.3. The van der Waals surface area contributed by atoms with Crippen LogP contribution in [0.25, 0.3) is 0 Å². The minimum Gasteiger partial charge on any atom is -0.383 e. The van der Waals surface area contributed by atoms with Crippen LogP contribution in [0.1, 0.15) is 44.1 Å². The molecular formula is C16H22BrN3. The van der Waals surface area contributed by atoms with E-state index < -0.39 is 0 Å². The second-order valence-electron chi connectivity index (χ2n) is 5.38. The first-order chi connectivity index (χ1) is 9.79. The molecule has 1 aromatic carbocycles. The lowest BCUT2D eigenvalue weighted by molar-refractivity contribution is 0.468. The summed E-state index contributed by atoms with van der Waals surface area (Å²) in [6.45, 7) is 1.89. The molecule has 0 spiro atoms. The van der Waals surface area contributed by atoms with Crippen molar-refractivity contribution in [3.8, 4) is 6.07 Å². The van der Waals surface area contributed by atoms with Crippen LogP contribution in [0.5, 0.6) is 0 Å². The van der Waals surface area contributed by atoms with E-state index >= 15 is 0 Å². The van der Waals surface area contributed by atoms with Crippen molar-refractivity contribution < 1.29 is 0 Å². The lowest BCUT2D eigenvalue weighted by atomic mass is 10.1. The maximum absolute atomic E-state index is 8.83. The van der Waals surface area contributed by atoms with E-state index in [2.05, 4.69) is 32.6 Å². The summed E-state index contributed by atoms with van der Waals surface area (Å²) in [4.78, 5) is 0. The lowest BCUT2D eigenvalue weighted by Gasteiger charge is -2.17. The standard InChI is InChI=1S/C16H22BrN3/c17-15-11-13(12-18)7-8-16(15)20-10-9-19-14-5-3-1-2-4-6-14/h7-8,11,14,19-20H,1-6,9-10H2. The number of nitrogens with zero attached hydrogens (tertiary/aromatic N) is 1. The molecule has 3 nitrogen and oxygen atoms in total. The van der Waals surface area contributed by atoms with Crippen LogP contribution in [0.4, 0.5) is 5.69 Å². The van der Waals surface area contributed by atoms with Crippen LogP contribution < -0.4 is 10.6 Å². The van der Waals surface area contributed by atoms with Crippen molar-refractivity contribution in [1.29, 1.82) is 5.26 Å². The van der Waals surface area contributed by atoms with Crippen LogP contribution in [0.2, 0.25) is 0 Å². The van der Waals surface area contributed by atoms with Crippen LogP contribution in [-0.4, -0.2) is 19.1 Å². The van der Waals surface area contributed by atoms with E-state index in [-0.39, 0.29) is 0 Å². The number of nitrogens with one attached hydrogen (secondary N) is 2. The number of nitriles is 1. The fourth-order valence-electron chi connectivity index (χ4n) is 2.68. The molecule has 0 aromatic heterocycles. The van der Waals surface area contributed by atoms with Crippen LogP contribution in [0.3, 0.4) is 0 Å². The van der Waals surface area contributed by atoms with E-state index in [0.29, 0.717) is 11.6 Å². The Hall–Kier alpha value is -1.05. The van der Waals surface area contributed by atoms with Gasteiger partial charge in [0.25, 0.3) is 0 Å². The van der Waals surface area contributed by atoms with Crippen molar-refractivity contribution in [2.24, 2.45) is 0 Å². The Bertz CT molecular complexity index is 459. The van der Waals surface area contributed by atoms with E-state index in [0.717, 1.165) is 23.2 Å². The van der Waals surface area contributed by atoms with Crippen LogP contribution in [0, 0.1) is 11.3 Å². The summed E-state index contributed by atoms with van der Waals surface area (Å²) in [6.07, 6.45) is 8.17. The summed E-state index contributed by atoms with van der Waals surface area (Å²) in [5.74, 6) is 0. The highest BCUT2D eigenvalue weighted by Gasteiger charge is 2.10. The van der Waals surface area contributed by atoms with Gasteiger partial charge in [0.2, 0.25) is 0 Å². The molecule has 0 amide bonds. The van der Waals surface area contributed by atoms with Gasteiger partial charge in [-0.15, -0.1) is 0 Å². The van der Waals surface area contributed by atoms with Crippen molar-refractivity contribution in [2.45, 2.75) is 44.6 Å². The van der Waals surface area contributed by atoms with E-state index in [1.165, 1.54) is 38.5 Å². The van der Waals surface area contributed by atoms with E-state index in [9.17, 15) is 0 Å². The number of benzene rings is 1. The molecule has 0 saturated heterocycles. The van der Waals surface area contributed by atoms with Gasteiger partial charge in [0.15, 0.2) is 0 Å². The number of hydrogen-bond donors (Lipinski definition) is 2. The van der Waals surface area contributed by atoms with Gasteiger partial charge >= 0.3 is 0 Å². The largest absolute Gasteiger partial charge is 0.383 e. The Balaban J connectivity index is 1.71. The first-order valence-electron chi connectivity index (χ1n) is 7.46. The molecule has 2 N–H and O–H groups in total. The molecule has 4 heteroatoms. The quantitative estimate of drug-likeness (QED) is 0.630. The Morgan fingerprint density at radius 2 is 1.90 bits per heavy atom. The fraction of sp³-hybridized carbons (Fsp3) is 0.562. The smallest absolute Gasteiger partial charge is 0.0992 e. The summed E-state index contributed by atoms with van der Waals surface area (Å²) in [5.41, 5.74) is 1.73. The molecule has 0 heterocycles. The van der Waals surface area contributed by atoms with Gasteiger partial charge in [-0.25, -0.2) is 0 Å². The van der Waals surface area contributed by atoms with Gasteiger partial charge < -0.3 is 10.6 Å². The number of anilines is 1. The summed E-state index contributed by atoms with van der Waals surface area (Å²) in [5, 5.41) is 15.9. The highest BCUT2D eigenvalue weighted by atomic mass is 79.9. The third-order valence-corrected chi connectivity index (χ3v) is 4.48. The minimum atomic E-state index is 0.680. The maximum Gasteiger partial charge on any atom is 0.0992 e. The highest BCUT2D eigenvalue weighted by molar-refractivity contribution is 9.10. The zero-order valence-corrected chi connectivity index (χ0v) is 13.4. The monoisotopic (exact) mass is 335 g/mol. The molecule has 0 radical (unpaired) electrons. The van der Waals surface area contributed by atoms with Gasteiger partial charge in [0, 0.05) is 29.3 Å². The van der Waals surface area contributed by atoms with Gasteiger partial charge in [-0.05, 0) is 47.0 Å². The van der Waals surface area contributed by atoms with Crippen molar-refractivity contribution in [1.82, 2.24) is 5.32 Å². The molecule has 0 atom stereocenters. The lowest BCUT2D eigenvalue weighted by Crippen LogP contribution is -2.32. The summed E-state index contributed by atoms with van der Waals surface area (Å²) in [6, 6.07) is 8.48. The Morgan fingerprint density at radius 1 is 1.15 bits per heavy atom. The van der Waals surface area contributed by atoms with Crippen molar-refractivity contribution in [3.05, 3.63) is 28.2 Å². The predicted octanol–water partition coefficient (Wildman–Crippen LogP) is 4.05. The Labute approximate surface area is 129 Å². The van der Waals surface area contributed by atoms with E-state index in [4.69, 9.17) is 5.26 Å². The molecule has 1 saturated carbocycles. The minimum absolute atomic E-state index is 0.680. The molecule has 0 bridgehead atoms. The normalized spacial score (nSPS) is 16.4. The van der Waals surface area contributed by atoms with Crippen LogP contribution >= 0.6 is 15.9 Å². The summed E-state index contributed by atoms with van der Waals surface area (Å²) in [7, 11) is 0. The van der Waals surface area contributed by atoms with Gasteiger partial charge in [0.05, 0.1) is 11.6 Å². The Kier molecular flexibility index (Phi) is 6.35. The SMILES string of the molecule is N#Cc1ccc(NCCNC2CCCCCC2)c(Br)c1. The maximum atomic E-state index is 8.83. The topological polar surface area (TPSA) is 47.9 Å². The third-order valence-electron chi connectivity index (χ3n) is 3.83. The van der Waals surface area contributed by atoms with Gasteiger partial charge in [-0.3, -0.25) is 0 Å². The second-order valence-corrected chi connectivity index (χ2v) is 6.23. The third kappa shape index (κ3) is 4.81. The van der Waals surface area contributed by atoms with Crippen LogP contribution in [-0.2, 0) is 0 Å². The molecule has 0 aliphatic heterocycles. The Morgan fingerprint density at radius 3 is 2.55 bits per heavy atom. The zero-order chi connectivity index (χ0) is 14.2. The fourth-order valence-corrected chi connectivity index (χ4v) is 3.20. The number of halogens is 1. The highest BCUT2D eigenvalue weighted by Crippen LogP contribution is 2.23.